The van der Waals surface area contributed by atoms with Crippen LogP contribution in [0.15, 0.2) is 32.5 Å². The molecule has 2 aliphatic heterocycles. The van der Waals surface area contributed by atoms with Gasteiger partial charge in [-0.3, -0.25) is 19.1 Å². The van der Waals surface area contributed by atoms with E-state index >= 15 is 0 Å². The first kappa shape index (κ1) is 24.3. The summed E-state index contributed by atoms with van der Waals surface area (Å²) in [5.41, 5.74) is 1.15. The molecule has 0 aromatic carbocycles. The molecule has 0 spiro atoms. The number of carbonyl (C=O) groups excluding carboxylic acids is 1. The van der Waals surface area contributed by atoms with Crippen LogP contribution in [0.2, 0.25) is 0 Å². The van der Waals surface area contributed by atoms with Crippen LogP contribution in [0.25, 0.3) is 6.08 Å². The average Bonchev–Trinajstić information content (AvgIpc) is 3.42. The zero-order chi connectivity index (χ0) is 24.4. The second-order valence-corrected chi connectivity index (χ2v) is 10.1. The van der Waals surface area contributed by atoms with Crippen molar-refractivity contribution in [3.63, 3.8) is 0 Å². The van der Waals surface area contributed by atoms with Crippen LogP contribution in [-0.4, -0.2) is 57.8 Å². The van der Waals surface area contributed by atoms with Crippen LogP contribution in [0.1, 0.15) is 35.8 Å². The molecule has 2 aliphatic rings. The standard InChI is InChI=1S/C24H27N5O3S2/c1-4-7-28-21(27-10-8-26(3)9-11-27)18(16(2)19(14-25)22(28)30)13-20-23(31)29(24(33)34-20)15-17-6-5-12-32-17/h5-6,12-13H,4,7-11,15H2,1-3H3. The minimum Gasteiger partial charge on any atom is -0.467 e. The number of anilines is 1. The fourth-order valence-corrected chi connectivity index (χ4v) is 5.50. The number of pyridine rings is 1. The number of thioether (sulfide) groups is 1. The number of likely N-dealkylation sites (N-methyl/N-ethyl adjacent to an activating group) is 1. The highest BCUT2D eigenvalue weighted by Crippen LogP contribution is 2.36. The molecule has 0 unspecified atom stereocenters. The summed E-state index contributed by atoms with van der Waals surface area (Å²) >= 11 is 6.72. The maximum absolute atomic E-state index is 13.3. The van der Waals surface area contributed by atoms with Crippen LogP contribution in [0.4, 0.5) is 5.82 Å². The second kappa shape index (κ2) is 10.2. The highest BCUT2D eigenvalue weighted by molar-refractivity contribution is 8.26. The molecule has 0 atom stereocenters. The third-order valence-electron chi connectivity index (χ3n) is 6.14. The molecule has 34 heavy (non-hydrogen) atoms. The Hall–Kier alpha value is -2.87. The fraction of sp³-hybridized carbons (Fsp3) is 0.417. The van der Waals surface area contributed by atoms with Gasteiger partial charge in [0.25, 0.3) is 11.5 Å². The van der Waals surface area contributed by atoms with Gasteiger partial charge in [-0.1, -0.05) is 30.9 Å². The van der Waals surface area contributed by atoms with E-state index in [-0.39, 0.29) is 23.6 Å². The summed E-state index contributed by atoms with van der Waals surface area (Å²) < 4.78 is 7.54. The predicted octanol–water partition coefficient (Wildman–Crippen LogP) is 3.18. The van der Waals surface area contributed by atoms with Gasteiger partial charge in [0.2, 0.25) is 0 Å². The molecule has 0 bridgehead atoms. The Morgan fingerprint density at radius 1 is 1.26 bits per heavy atom. The number of carbonyl (C=O) groups is 1. The lowest BCUT2D eigenvalue weighted by Gasteiger charge is -2.36. The average molecular weight is 498 g/mol. The third-order valence-corrected chi connectivity index (χ3v) is 7.52. The molecule has 1 amide bonds. The Labute approximate surface area is 208 Å². The highest BCUT2D eigenvalue weighted by atomic mass is 32.2. The summed E-state index contributed by atoms with van der Waals surface area (Å²) in [7, 11) is 2.08. The number of furan rings is 1. The SMILES string of the molecule is CCCn1c(N2CCN(C)CC2)c(C=C2SC(=S)N(Cc3ccco3)C2=O)c(C)c(C#N)c1=O. The molecule has 10 heteroatoms. The van der Waals surface area contributed by atoms with Crippen LogP contribution < -0.4 is 10.5 Å². The third kappa shape index (κ3) is 4.56. The highest BCUT2D eigenvalue weighted by Gasteiger charge is 2.34. The van der Waals surface area contributed by atoms with E-state index in [4.69, 9.17) is 16.6 Å². The lowest BCUT2D eigenvalue weighted by Crippen LogP contribution is -2.47. The summed E-state index contributed by atoms with van der Waals surface area (Å²) in [5.74, 6) is 1.21. The van der Waals surface area contributed by atoms with Gasteiger partial charge in [-0.15, -0.1) is 0 Å². The molecule has 2 saturated heterocycles. The zero-order valence-corrected chi connectivity index (χ0v) is 21.2. The van der Waals surface area contributed by atoms with Crippen molar-refractivity contribution in [2.45, 2.75) is 33.4 Å². The molecule has 0 radical (unpaired) electrons. The lowest BCUT2D eigenvalue weighted by atomic mass is 10.0. The number of aromatic nitrogens is 1. The maximum Gasteiger partial charge on any atom is 0.270 e. The number of nitriles is 1. The van der Waals surface area contributed by atoms with Crippen LogP contribution in [0.3, 0.4) is 0 Å². The van der Waals surface area contributed by atoms with E-state index < -0.39 is 0 Å². The molecule has 0 aliphatic carbocycles. The number of rotatable bonds is 6. The topological polar surface area (TPSA) is 85.7 Å². The van der Waals surface area contributed by atoms with Gasteiger partial charge in [0.15, 0.2) is 0 Å². The summed E-state index contributed by atoms with van der Waals surface area (Å²) in [4.78, 5) is 32.9. The molecule has 178 valence electrons. The first-order valence-electron chi connectivity index (χ1n) is 11.2. The molecule has 2 aromatic heterocycles. The summed E-state index contributed by atoms with van der Waals surface area (Å²) in [6.07, 6.45) is 4.12. The first-order chi connectivity index (χ1) is 16.3. The quantitative estimate of drug-likeness (QED) is 0.444. The zero-order valence-electron chi connectivity index (χ0n) is 19.5. The minimum atomic E-state index is -0.279. The summed E-state index contributed by atoms with van der Waals surface area (Å²) in [6.45, 7) is 7.79. The monoisotopic (exact) mass is 497 g/mol. The molecular formula is C24H27N5O3S2. The van der Waals surface area contributed by atoms with Crippen molar-refractivity contribution in [2.75, 3.05) is 38.1 Å². The Morgan fingerprint density at radius 3 is 2.62 bits per heavy atom. The van der Waals surface area contributed by atoms with E-state index in [1.165, 1.54) is 16.7 Å². The van der Waals surface area contributed by atoms with Crippen LogP contribution >= 0.6 is 24.0 Å². The molecule has 2 aromatic rings. The smallest absolute Gasteiger partial charge is 0.270 e. The van der Waals surface area contributed by atoms with Crippen LogP contribution in [0, 0.1) is 18.3 Å². The van der Waals surface area contributed by atoms with Crippen molar-refractivity contribution in [3.8, 4) is 6.07 Å². The molecule has 0 saturated carbocycles. The van der Waals surface area contributed by atoms with Crippen molar-refractivity contribution in [3.05, 3.63) is 56.1 Å². The van der Waals surface area contributed by atoms with Gasteiger partial charge in [0.1, 0.15) is 27.5 Å². The molecule has 4 rings (SSSR count). The van der Waals surface area contributed by atoms with Gasteiger partial charge >= 0.3 is 0 Å². The van der Waals surface area contributed by atoms with Crippen LogP contribution in [0.5, 0.6) is 0 Å². The minimum absolute atomic E-state index is 0.114. The van der Waals surface area contributed by atoms with E-state index in [0.29, 0.717) is 27.1 Å². The maximum atomic E-state index is 13.3. The largest absolute Gasteiger partial charge is 0.467 e. The van der Waals surface area contributed by atoms with Crippen molar-refractivity contribution in [1.29, 1.82) is 5.26 Å². The second-order valence-electron chi connectivity index (χ2n) is 8.44. The van der Waals surface area contributed by atoms with Gasteiger partial charge in [-0.2, -0.15) is 5.26 Å². The van der Waals surface area contributed by atoms with E-state index in [0.717, 1.165) is 44.0 Å². The number of hydrogen-bond acceptors (Lipinski definition) is 8. The molecule has 8 nitrogen and oxygen atoms in total. The molecular weight excluding hydrogens is 470 g/mol. The number of nitrogens with zero attached hydrogens (tertiary/aromatic N) is 5. The van der Waals surface area contributed by atoms with Gasteiger partial charge in [0.05, 0.1) is 17.7 Å². The van der Waals surface area contributed by atoms with Gasteiger partial charge in [-0.05, 0) is 44.2 Å². The number of hydrogen-bond donors (Lipinski definition) is 0. The summed E-state index contributed by atoms with van der Waals surface area (Å²) in [6, 6.07) is 5.67. The van der Waals surface area contributed by atoms with Gasteiger partial charge in [0, 0.05) is 38.3 Å². The van der Waals surface area contributed by atoms with Crippen molar-refractivity contribution < 1.29 is 9.21 Å². The number of thiocarbonyl (C=S) groups is 1. The van der Waals surface area contributed by atoms with E-state index in [2.05, 4.69) is 22.9 Å². The van der Waals surface area contributed by atoms with Crippen molar-refractivity contribution in [2.24, 2.45) is 0 Å². The Kier molecular flexibility index (Phi) is 7.26. The van der Waals surface area contributed by atoms with Crippen LogP contribution in [-0.2, 0) is 17.9 Å². The fourth-order valence-electron chi connectivity index (χ4n) is 4.26. The molecule has 4 heterocycles. The summed E-state index contributed by atoms with van der Waals surface area (Å²) in [5, 5.41) is 9.78. The first-order valence-corrected chi connectivity index (χ1v) is 12.5. The number of amides is 1. The number of piperazine rings is 1. The predicted molar refractivity (Wildman–Crippen MR) is 138 cm³/mol. The molecule has 0 N–H and O–H groups in total. The van der Waals surface area contributed by atoms with Crippen molar-refractivity contribution >= 4 is 46.1 Å². The normalized spacial score (nSPS) is 18.2. The Bertz CT molecular complexity index is 1230. The Balaban J connectivity index is 1.83. The lowest BCUT2D eigenvalue weighted by molar-refractivity contribution is -0.122. The van der Waals surface area contributed by atoms with Crippen molar-refractivity contribution in [1.82, 2.24) is 14.4 Å². The Morgan fingerprint density at radius 2 is 2.00 bits per heavy atom. The van der Waals surface area contributed by atoms with Gasteiger partial charge < -0.3 is 14.2 Å². The van der Waals surface area contributed by atoms with E-state index in [9.17, 15) is 14.9 Å². The van der Waals surface area contributed by atoms with E-state index in [1.54, 1.807) is 36.0 Å². The van der Waals surface area contributed by atoms with E-state index in [1.807, 2.05) is 6.92 Å². The van der Waals surface area contributed by atoms with Gasteiger partial charge in [-0.25, -0.2) is 0 Å². The molecule has 2 fully saturated rings.